The molecule has 0 aromatic heterocycles. The molecule has 3 aromatic carbocycles. The van der Waals surface area contributed by atoms with Gasteiger partial charge < -0.3 is 4.74 Å². The summed E-state index contributed by atoms with van der Waals surface area (Å²) in [5, 5.41) is 0.458. The molecule has 4 aliphatic rings. The molecule has 3 aliphatic carbocycles. The number of imide groups is 1. The van der Waals surface area contributed by atoms with Crippen molar-refractivity contribution in [3.63, 3.8) is 0 Å². The molecule has 1 fully saturated rings. The Hall–Kier alpha value is -4.50. The number of rotatable bonds is 7. The topological polar surface area (TPSA) is 122 Å². The van der Waals surface area contributed by atoms with E-state index in [1.807, 2.05) is 62.4 Å². The SMILES string of the molecule is CC(C)C[C@H](C(=O)OCC(=O)NNC(=O)c1ccc(Cl)cc1)N1C(=O)[C@@H]2C3c4ccccc4C(c4ccccc43)[C@H]2C1=O. The van der Waals surface area contributed by atoms with Crippen LogP contribution in [-0.4, -0.2) is 47.1 Å². The highest BCUT2D eigenvalue weighted by Crippen LogP contribution is 2.61. The van der Waals surface area contributed by atoms with Crippen LogP contribution >= 0.6 is 11.6 Å². The first kappa shape index (κ1) is 28.6. The highest BCUT2D eigenvalue weighted by Gasteiger charge is 2.63. The Morgan fingerprint density at radius 2 is 1.28 bits per heavy atom. The van der Waals surface area contributed by atoms with Gasteiger partial charge >= 0.3 is 5.97 Å². The van der Waals surface area contributed by atoms with Crippen molar-refractivity contribution < 1.29 is 28.7 Å². The predicted molar refractivity (Wildman–Crippen MR) is 157 cm³/mol. The molecule has 0 saturated carbocycles. The highest BCUT2D eigenvalue weighted by atomic mass is 35.5. The Kier molecular flexibility index (Phi) is 7.52. The summed E-state index contributed by atoms with van der Waals surface area (Å²) >= 11 is 5.84. The second-order valence-electron chi connectivity index (χ2n) is 11.6. The number of hydrogen-bond acceptors (Lipinski definition) is 6. The number of likely N-dealkylation sites (tertiary alicyclic amines) is 1. The van der Waals surface area contributed by atoms with Crippen molar-refractivity contribution in [2.45, 2.75) is 38.1 Å². The standard InChI is InChI=1S/C33H30ClN3O6/c1-17(2)15-24(33(42)43-16-25(38)35-36-30(39)18-11-13-19(34)14-12-18)37-31(40)28-26-20-7-3-4-8-21(20)27(29(28)32(37)41)23-10-6-5-9-22(23)26/h3-14,17,24,26-29H,15-16H2,1-2H3,(H,35,38)(H,36,39)/t24-,26?,27?,28-,29-/m1/s1. The average molecular weight is 600 g/mol. The molecule has 0 radical (unpaired) electrons. The van der Waals surface area contributed by atoms with Gasteiger partial charge in [-0.1, -0.05) is 74.0 Å². The third-order valence-corrected chi connectivity index (χ3v) is 8.78. The number of carbonyl (C=O) groups excluding carboxylic acids is 5. The molecule has 3 aromatic rings. The zero-order valence-electron chi connectivity index (χ0n) is 23.6. The van der Waals surface area contributed by atoms with E-state index in [9.17, 15) is 24.0 Å². The van der Waals surface area contributed by atoms with Crippen LogP contribution in [0, 0.1) is 17.8 Å². The van der Waals surface area contributed by atoms with Crippen molar-refractivity contribution in [1.82, 2.24) is 15.8 Å². The number of amides is 4. The lowest BCUT2D eigenvalue weighted by Crippen LogP contribution is -2.48. The lowest BCUT2D eigenvalue weighted by molar-refractivity contribution is -0.161. The van der Waals surface area contributed by atoms with Gasteiger partial charge in [0.15, 0.2) is 6.61 Å². The second-order valence-corrected chi connectivity index (χ2v) is 12.0. The third-order valence-electron chi connectivity index (χ3n) is 8.53. The quantitative estimate of drug-likeness (QED) is 0.241. The fourth-order valence-electron chi connectivity index (χ4n) is 6.83. The van der Waals surface area contributed by atoms with Crippen molar-refractivity contribution in [3.05, 3.63) is 106 Å². The maximum absolute atomic E-state index is 14.1. The normalized spacial score (nSPS) is 22.0. The number of nitrogens with zero attached hydrogens (tertiary/aromatic N) is 1. The Balaban J connectivity index is 1.19. The smallest absolute Gasteiger partial charge is 0.329 e. The van der Waals surface area contributed by atoms with Crippen LogP contribution in [-0.2, 0) is 23.9 Å². The number of hydrogen-bond donors (Lipinski definition) is 2. The maximum atomic E-state index is 14.1. The largest absolute Gasteiger partial charge is 0.454 e. The molecule has 1 saturated heterocycles. The Labute approximate surface area is 253 Å². The molecule has 0 unspecified atom stereocenters. The molecule has 7 rings (SSSR count). The monoisotopic (exact) mass is 599 g/mol. The molecule has 10 heteroatoms. The van der Waals surface area contributed by atoms with Gasteiger partial charge in [0, 0.05) is 22.4 Å². The number of nitrogens with one attached hydrogen (secondary N) is 2. The minimum absolute atomic E-state index is 0.0561. The van der Waals surface area contributed by atoms with Gasteiger partial charge in [-0.3, -0.25) is 34.9 Å². The van der Waals surface area contributed by atoms with Crippen LogP contribution in [0.5, 0.6) is 0 Å². The first-order valence-electron chi connectivity index (χ1n) is 14.2. The van der Waals surface area contributed by atoms with E-state index < -0.39 is 54.1 Å². The van der Waals surface area contributed by atoms with Gasteiger partial charge in [0.25, 0.3) is 11.8 Å². The lowest BCUT2D eigenvalue weighted by atomic mass is 9.55. The van der Waals surface area contributed by atoms with E-state index in [0.717, 1.165) is 27.2 Å². The van der Waals surface area contributed by atoms with E-state index in [0.29, 0.717) is 5.02 Å². The van der Waals surface area contributed by atoms with E-state index in [1.54, 1.807) is 0 Å². The van der Waals surface area contributed by atoms with Crippen LogP contribution in [0.2, 0.25) is 5.02 Å². The first-order chi connectivity index (χ1) is 20.7. The Morgan fingerprint density at radius 3 is 1.74 bits per heavy atom. The Morgan fingerprint density at radius 1 is 0.791 bits per heavy atom. The van der Waals surface area contributed by atoms with Gasteiger partial charge in [-0.05, 0) is 58.9 Å². The molecule has 43 heavy (non-hydrogen) atoms. The third kappa shape index (κ3) is 4.97. The summed E-state index contributed by atoms with van der Waals surface area (Å²) in [6, 6.07) is 20.7. The summed E-state index contributed by atoms with van der Waals surface area (Å²) in [6.07, 6.45) is 0.180. The van der Waals surface area contributed by atoms with Gasteiger partial charge in [-0.2, -0.15) is 0 Å². The average Bonchev–Trinajstić information content (AvgIpc) is 3.27. The van der Waals surface area contributed by atoms with Crippen LogP contribution < -0.4 is 10.9 Å². The highest BCUT2D eigenvalue weighted by molar-refractivity contribution is 6.30. The molecule has 1 aliphatic heterocycles. The van der Waals surface area contributed by atoms with Crippen molar-refractivity contribution >= 4 is 41.2 Å². The molecule has 9 nitrogen and oxygen atoms in total. The molecule has 4 amide bonds. The molecule has 220 valence electrons. The minimum atomic E-state index is -1.19. The summed E-state index contributed by atoms with van der Waals surface area (Å²) < 4.78 is 5.31. The molecular formula is C33H30ClN3O6. The number of halogens is 1. The number of hydrazine groups is 1. The van der Waals surface area contributed by atoms with Crippen LogP contribution in [0.4, 0.5) is 0 Å². The van der Waals surface area contributed by atoms with Gasteiger partial charge in [0.05, 0.1) is 11.8 Å². The molecule has 2 bridgehead atoms. The van der Waals surface area contributed by atoms with Crippen molar-refractivity contribution in [2.75, 3.05) is 6.61 Å². The van der Waals surface area contributed by atoms with Gasteiger partial charge in [0.2, 0.25) is 11.8 Å². The minimum Gasteiger partial charge on any atom is -0.454 e. The first-order valence-corrected chi connectivity index (χ1v) is 14.6. The summed E-state index contributed by atoms with van der Waals surface area (Å²) in [5.74, 6) is -4.91. The summed E-state index contributed by atoms with van der Waals surface area (Å²) in [5.41, 5.74) is 8.87. The van der Waals surface area contributed by atoms with Crippen LogP contribution in [0.25, 0.3) is 0 Å². The second kappa shape index (κ2) is 11.3. The van der Waals surface area contributed by atoms with E-state index in [-0.39, 0.29) is 29.7 Å². The van der Waals surface area contributed by atoms with E-state index in [4.69, 9.17) is 16.3 Å². The molecule has 1 heterocycles. The predicted octanol–water partition coefficient (Wildman–Crippen LogP) is 3.95. The lowest BCUT2D eigenvalue weighted by Gasteiger charge is -2.45. The van der Waals surface area contributed by atoms with Gasteiger partial charge in [-0.25, -0.2) is 4.79 Å². The molecule has 3 atom stereocenters. The fourth-order valence-corrected chi connectivity index (χ4v) is 6.96. The molecular weight excluding hydrogens is 570 g/mol. The zero-order valence-corrected chi connectivity index (χ0v) is 24.3. The van der Waals surface area contributed by atoms with Crippen LogP contribution in [0.1, 0.15) is 64.7 Å². The zero-order chi connectivity index (χ0) is 30.4. The van der Waals surface area contributed by atoms with Gasteiger partial charge in [-0.15, -0.1) is 0 Å². The summed E-state index contributed by atoms with van der Waals surface area (Å²) in [4.78, 5) is 67.4. The van der Waals surface area contributed by atoms with Crippen molar-refractivity contribution in [2.24, 2.45) is 17.8 Å². The maximum Gasteiger partial charge on any atom is 0.329 e. The van der Waals surface area contributed by atoms with Gasteiger partial charge in [0.1, 0.15) is 6.04 Å². The number of benzene rings is 3. The van der Waals surface area contributed by atoms with Crippen molar-refractivity contribution in [3.8, 4) is 0 Å². The van der Waals surface area contributed by atoms with Crippen LogP contribution in [0.15, 0.2) is 72.8 Å². The van der Waals surface area contributed by atoms with Crippen molar-refractivity contribution in [1.29, 1.82) is 0 Å². The number of esters is 1. The molecule has 2 N–H and O–H groups in total. The fraction of sp³-hybridized carbons (Fsp3) is 0.303. The van der Waals surface area contributed by atoms with Crippen LogP contribution in [0.3, 0.4) is 0 Å². The molecule has 0 spiro atoms. The van der Waals surface area contributed by atoms with E-state index in [2.05, 4.69) is 10.9 Å². The van der Waals surface area contributed by atoms with E-state index in [1.165, 1.54) is 24.3 Å². The summed E-state index contributed by atoms with van der Waals surface area (Å²) in [6.45, 7) is 3.05. The number of ether oxygens (including phenoxy) is 1. The van der Waals surface area contributed by atoms with E-state index >= 15 is 0 Å². The summed E-state index contributed by atoms with van der Waals surface area (Å²) in [7, 11) is 0. The Bertz CT molecular complexity index is 1520. The number of carbonyl (C=O) groups is 5.